The van der Waals surface area contributed by atoms with Gasteiger partial charge in [-0.05, 0) is 42.5 Å². The van der Waals surface area contributed by atoms with E-state index in [0.29, 0.717) is 17.2 Å². The Morgan fingerprint density at radius 1 is 1.07 bits per heavy atom. The van der Waals surface area contributed by atoms with Gasteiger partial charge < -0.3 is 19.2 Å². The number of hydrogen-bond donors (Lipinski definition) is 1. The molecule has 0 unspecified atom stereocenters. The van der Waals surface area contributed by atoms with Gasteiger partial charge in [0.15, 0.2) is 15.6 Å². The molecule has 1 N–H and O–H groups in total. The molecule has 3 rings (SSSR count). The van der Waals surface area contributed by atoms with Crippen molar-refractivity contribution in [3.8, 4) is 22.8 Å². The van der Waals surface area contributed by atoms with Crippen LogP contribution in [-0.4, -0.2) is 33.4 Å². The second-order valence-electron chi connectivity index (χ2n) is 5.65. The standard InChI is InChI=1S/C19H20N2O5S.ClH/c1-4-27(22,23)15-9-10-17(25-3)16(11-15)21-19-20-12-18(26-19)13-5-7-14(24-2)8-6-13;/h5-12H,4H2,1-3H3,(H,20,21);1H. The molecule has 28 heavy (non-hydrogen) atoms. The maximum Gasteiger partial charge on any atom is 0.299 e. The minimum atomic E-state index is -3.34. The second kappa shape index (κ2) is 8.99. The van der Waals surface area contributed by atoms with Crippen LogP contribution in [0.15, 0.2) is 58.0 Å². The summed E-state index contributed by atoms with van der Waals surface area (Å²) in [5.41, 5.74) is 1.29. The van der Waals surface area contributed by atoms with Crippen LogP contribution in [0.2, 0.25) is 0 Å². The predicted octanol–water partition coefficient (Wildman–Crippen LogP) is 4.32. The normalized spacial score (nSPS) is 10.8. The van der Waals surface area contributed by atoms with E-state index >= 15 is 0 Å². The van der Waals surface area contributed by atoms with Crippen LogP contribution >= 0.6 is 12.4 Å². The Hall–Kier alpha value is -2.71. The Labute approximate surface area is 170 Å². The molecular formula is C19H21ClN2O5S. The number of sulfone groups is 1. The van der Waals surface area contributed by atoms with Crippen LogP contribution < -0.4 is 14.8 Å². The number of aromatic nitrogens is 1. The SMILES string of the molecule is CCS(=O)(=O)c1ccc(OC)c(Nc2ncc(-c3ccc(OC)cc3)o2)c1.Cl. The third-order valence-electron chi connectivity index (χ3n) is 4.03. The van der Waals surface area contributed by atoms with Gasteiger partial charge in [-0.15, -0.1) is 12.4 Å². The molecule has 1 heterocycles. The van der Waals surface area contributed by atoms with E-state index in [4.69, 9.17) is 13.9 Å². The molecule has 0 fully saturated rings. The summed E-state index contributed by atoms with van der Waals surface area (Å²) in [6.07, 6.45) is 1.59. The van der Waals surface area contributed by atoms with Crippen molar-refractivity contribution >= 4 is 33.9 Å². The number of methoxy groups -OCH3 is 2. The van der Waals surface area contributed by atoms with Crippen molar-refractivity contribution in [1.82, 2.24) is 4.98 Å². The molecule has 0 aliphatic rings. The highest BCUT2D eigenvalue weighted by atomic mass is 35.5. The van der Waals surface area contributed by atoms with Crippen LogP contribution in [0.4, 0.5) is 11.7 Å². The van der Waals surface area contributed by atoms with Gasteiger partial charge in [0.05, 0.1) is 36.8 Å². The first-order valence-corrected chi connectivity index (χ1v) is 9.90. The maximum atomic E-state index is 12.1. The number of rotatable bonds is 7. The Balaban J connectivity index is 0.00000280. The monoisotopic (exact) mass is 424 g/mol. The van der Waals surface area contributed by atoms with E-state index in [0.717, 1.165) is 11.3 Å². The minimum absolute atomic E-state index is 0. The van der Waals surface area contributed by atoms with Crippen molar-refractivity contribution < 1.29 is 22.3 Å². The van der Waals surface area contributed by atoms with Crippen LogP contribution in [-0.2, 0) is 9.84 Å². The summed E-state index contributed by atoms with van der Waals surface area (Å²) in [6, 6.07) is 12.2. The molecule has 0 spiro atoms. The number of nitrogens with one attached hydrogen (secondary N) is 1. The molecule has 7 nitrogen and oxygen atoms in total. The average molecular weight is 425 g/mol. The van der Waals surface area contributed by atoms with Crippen LogP contribution in [0.25, 0.3) is 11.3 Å². The van der Waals surface area contributed by atoms with E-state index in [9.17, 15) is 8.42 Å². The van der Waals surface area contributed by atoms with E-state index in [1.165, 1.54) is 19.2 Å². The Bertz CT molecular complexity index is 1030. The highest BCUT2D eigenvalue weighted by Gasteiger charge is 2.16. The Morgan fingerprint density at radius 2 is 1.79 bits per heavy atom. The van der Waals surface area contributed by atoms with E-state index in [1.807, 2.05) is 24.3 Å². The lowest BCUT2D eigenvalue weighted by molar-refractivity contribution is 0.415. The first-order chi connectivity index (χ1) is 13.0. The summed E-state index contributed by atoms with van der Waals surface area (Å²) >= 11 is 0. The Kier molecular flexibility index (Phi) is 6.93. The summed E-state index contributed by atoms with van der Waals surface area (Å²) < 4.78 is 40.4. The molecule has 0 aliphatic heterocycles. The van der Waals surface area contributed by atoms with Crippen molar-refractivity contribution in [3.05, 3.63) is 48.7 Å². The van der Waals surface area contributed by atoms with E-state index in [-0.39, 0.29) is 29.1 Å². The predicted molar refractivity (Wildman–Crippen MR) is 110 cm³/mol. The van der Waals surface area contributed by atoms with E-state index in [1.54, 1.807) is 26.3 Å². The largest absolute Gasteiger partial charge is 0.497 e. The van der Waals surface area contributed by atoms with Crippen molar-refractivity contribution in [2.75, 3.05) is 25.3 Å². The third kappa shape index (κ3) is 4.58. The van der Waals surface area contributed by atoms with Gasteiger partial charge >= 0.3 is 0 Å². The second-order valence-corrected chi connectivity index (χ2v) is 7.93. The number of hydrogen-bond acceptors (Lipinski definition) is 7. The van der Waals surface area contributed by atoms with E-state index < -0.39 is 9.84 Å². The average Bonchev–Trinajstić information content (AvgIpc) is 3.16. The topological polar surface area (TPSA) is 90.7 Å². The van der Waals surface area contributed by atoms with Gasteiger partial charge in [-0.25, -0.2) is 13.4 Å². The summed E-state index contributed by atoms with van der Waals surface area (Å²) in [7, 11) is -0.231. The highest BCUT2D eigenvalue weighted by molar-refractivity contribution is 7.91. The van der Waals surface area contributed by atoms with Gasteiger partial charge in [0.1, 0.15) is 11.5 Å². The molecule has 0 radical (unpaired) electrons. The zero-order valence-corrected chi connectivity index (χ0v) is 17.3. The zero-order chi connectivity index (χ0) is 19.4. The van der Waals surface area contributed by atoms with Gasteiger partial charge in [-0.1, -0.05) is 6.92 Å². The number of ether oxygens (including phenoxy) is 2. The van der Waals surface area contributed by atoms with Crippen molar-refractivity contribution in [2.24, 2.45) is 0 Å². The lowest BCUT2D eigenvalue weighted by atomic mass is 10.2. The molecule has 3 aromatic rings. The molecule has 0 saturated carbocycles. The smallest absolute Gasteiger partial charge is 0.299 e. The molecule has 150 valence electrons. The van der Waals surface area contributed by atoms with Crippen molar-refractivity contribution in [2.45, 2.75) is 11.8 Å². The first kappa shape index (κ1) is 21.6. The van der Waals surface area contributed by atoms with Crippen molar-refractivity contribution in [1.29, 1.82) is 0 Å². The van der Waals surface area contributed by atoms with Crippen LogP contribution in [0.1, 0.15) is 6.92 Å². The lowest BCUT2D eigenvalue weighted by Gasteiger charge is -2.10. The number of anilines is 2. The van der Waals surface area contributed by atoms with Crippen LogP contribution in [0, 0.1) is 0 Å². The third-order valence-corrected chi connectivity index (χ3v) is 5.76. The fraction of sp³-hybridized carbons (Fsp3) is 0.211. The van der Waals surface area contributed by atoms with Gasteiger partial charge in [0, 0.05) is 5.56 Å². The molecular weight excluding hydrogens is 404 g/mol. The molecule has 0 atom stereocenters. The molecule has 0 saturated heterocycles. The number of benzene rings is 2. The number of oxazole rings is 1. The quantitative estimate of drug-likeness (QED) is 0.603. The van der Waals surface area contributed by atoms with Crippen LogP contribution in [0.5, 0.6) is 11.5 Å². The fourth-order valence-electron chi connectivity index (χ4n) is 2.48. The number of nitrogens with zero attached hydrogens (tertiary/aromatic N) is 1. The molecule has 0 amide bonds. The number of halogens is 1. The van der Waals surface area contributed by atoms with Gasteiger partial charge in [-0.3, -0.25) is 0 Å². The van der Waals surface area contributed by atoms with E-state index in [2.05, 4.69) is 10.3 Å². The molecule has 0 bridgehead atoms. The molecule has 9 heteroatoms. The van der Waals surface area contributed by atoms with Gasteiger partial charge in [0.25, 0.3) is 6.01 Å². The minimum Gasteiger partial charge on any atom is -0.497 e. The highest BCUT2D eigenvalue weighted by Crippen LogP contribution is 2.32. The summed E-state index contributed by atoms with van der Waals surface area (Å²) in [5.74, 6) is 1.81. The van der Waals surface area contributed by atoms with Gasteiger partial charge in [0.2, 0.25) is 0 Å². The summed E-state index contributed by atoms with van der Waals surface area (Å²) in [6.45, 7) is 1.60. The van der Waals surface area contributed by atoms with Crippen molar-refractivity contribution in [3.63, 3.8) is 0 Å². The maximum absolute atomic E-state index is 12.1. The molecule has 1 aromatic heterocycles. The summed E-state index contributed by atoms with van der Waals surface area (Å²) in [4.78, 5) is 4.41. The zero-order valence-electron chi connectivity index (χ0n) is 15.6. The molecule has 2 aromatic carbocycles. The van der Waals surface area contributed by atoms with Crippen LogP contribution in [0.3, 0.4) is 0 Å². The fourth-order valence-corrected chi connectivity index (χ4v) is 3.39. The van der Waals surface area contributed by atoms with Gasteiger partial charge in [-0.2, -0.15) is 0 Å². The molecule has 0 aliphatic carbocycles. The lowest BCUT2D eigenvalue weighted by Crippen LogP contribution is -2.05. The first-order valence-electron chi connectivity index (χ1n) is 8.25. The summed E-state index contributed by atoms with van der Waals surface area (Å²) in [5, 5.41) is 2.98. The Morgan fingerprint density at radius 3 is 2.39 bits per heavy atom.